The highest BCUT2D eigenvalue weighted by Crippen LogP contribution is 2.27. The summed E-state index contributed by atoms with van der Waals surface area (Å²) in [5.41, 5.74) is 0.597. The lowest BCUT2D eigenvalue weighted by atomic mass is 10.2. The van der Waals surface area contributed by atoms with E-state index in [1.165, 1.54) is 18.2 Å². The smallest absolute Gasteiger partial charge is 0.292 e. The maximum absolute atomic E-state index is 12.2. The molecule has 1 fully saturated rings. The fraction of sp³-hybridized carbons (Fsp3) is 0.118. The van der Waals surface area contributed by atoms with E-state index >= 15 is 0 Å². The number of amidine groups is 1. The van der Waals surface area contributed by atoms with E-state index in [0.29, 0.717) is 10.9 Å². The number of nitrogens with zero attached hydrogens (tertiary/aromatic N) is 2. The van der Waals surface area contributed by atoms with Gasteiger partial charge >= 0.3 is 0 Å². The van der Waals surface area contributed by atoms with Gasteiger partial charge in [0.1, 0.15) is 10.9 Å². The van der Waals surface area contributed by atoms with Crippen LogP contribution >= 0.6 is 11.8 Å². The van der Waals surface area contributed by atoms with Crippen LogP contribution in [0.3, 0.4) is 0 Å². The van der Waals surface area contributed by atoms with E-state index in [1.54, 1.807) is 18.2 Å². The molecule has 1 saturated heterocycles. The van der Waals surface area contributed by atoms with E-state index in [-0.39, 0.29) is 23.7 Å². The SMILES string of the molecule is O=C(C[C@H]1SC(=Nc2ccccc2)NC1=O)Nc1ccccc1[N+](=O)[O-]. The first-order valence-corrected chi connectivity index (χ1v) is 8.55. The molecule has 1 heterocycles. The molecule has 9 heteroatoms. The van der Waals surface area contributed by atoms with Gasteiger partial charge in [0.25, 0.3) is 5.69 Å². The Morgan fingerprint density at radius 3 is 2.62 bits per heavy atom. The zero-order chi connectivity index (χ0) is 18.5. The lowest BCUT2D eigenvalue weighted by Crippen LogP contribution is -2.28. The molecule has 0 unspecified atom stereocenters. The van der Waals surface area contributed by atoms with Crippen molar-refractivity contribution in [3.63, 3.8) is 0 Å². The Kier molecular flexibility index (Phi) is 5.28. The van der Waals surface area contributed by atoms with Gasteiger partial charge in [0.05, 0.1) is 10.6 Å². The molecule has 0 aliphatic carbocycles. The van der Waals surface area contributed by atoms with Crippen molar-refractivity contribution in [2.24, 2.45) is 4.99 Å². The van der Waals surface area contributed by atoms with E-state index < -0.39 is 16.1 Å². The predicted molar refractivity (Wildman–Crippen MR) is 99.4 cm³/mol. The molecule has 26 heavy (non-hydrogen) atoms. The summed E-state index contributed by atoms with van der Waals surface area (Å²) < 4.78 is 0. The molecule has 0 bridgehead atoms. The number of hydrogen-bond acceptors (Lipinski definition) is 6. The summed E-state index contributed by atoms with van der Waals surface area (Å²) in [5.74, 6) is -0.796. The second-order valence-electron chi connectivity index (χ2n) is 5.37. The number of carbonyl (C=O) groups excluding carboxylic acids is 2. The number of para-hydroxylation sites is 3. The van der Waals surface area contributed by atoms with Crippen molar-refractivity contribution >= 4 is 45.8 Å². The summed E-state index contributed by atoms with van der Waals surface area (Å²) in [7, 11) is 0. The van der Waals surface area contributed by atoms with E-state index in [4.69, 9.17) is 0 Å². The highest BCUT2D eigenvalue weighted by Gasteiger charge is 2.32. The van der Waals surface area contributed by atoms with Gasteiger partial charge in [-0.05, 0) is 18.2 Å². The van der Waals surface area contributed by atoms with Crippen molar-refractivity contribution in [3.05, 3.63) is 64.7 Å². The minimum Gasteiger partial charge on any atom is -0.320 e. The van der Waals surface area contributed by atoms with Crippen LogP contribution in [0.5, 0.6) is 0 Å². The van der Waals surface area contributed by atoms with Crippen LogP contribution in [0.1, 0.15) is 6.42 Å². The van der Waals surface area contributed by atoms with Crippen LogP contribution in [0.4, 0.5) is 17.1 Å². The molecule has 0 radical (unpaired) electrons. The molecule has 1 aliphatic heterocycles. The number of nitro benzene ring substituents is 1. The van der Waals surface area contributed by atoms with Crippen LogP contribution in [0.15, 0.2) is 59.6 Å². The standard InChI is InChI=1S/C17H14N4O4S/c22-15(19-12-8-4-5-9-13(12)21(24)25)10-14-16(23)20-17(26-14)18-11-6-2-1-3-7-11/h1-9,14H,10H2,(H,19,22)(H,18,20,23)/t14-/m1/s1. The third-order valence-electron chi connectivity index (χ3n) is 3.51. The zero-order valence-electron chi connectivity index (χ0n) is 13.4. The second-order valence-corrected chi connectivity index (χ2v) is 6.57. The largest absolute Gasteiger partial charge is 0.320 e. The topological polar surface area (TPSA) is 114 Å². The monoisotopic (exact) mass is 370 g/mol. The predicted octanol–water partition coefficient (Wildman–Crippen LogP) is 2.84. The van der Waals surface area contributed by atoms with Gasteiger partial charge in [-0.25, -0.2) is 4.99 Å². The molecule has 2 amide bonds. The third-order valence-corrected chi connectivity index (χ3v) is 4.59. The molecule has 0 saturated carbocycles. The van der Waals surface area contributed by atoms with Crippen LogP contribution in [0.25, 0.3) is 0 Å². The summed E-state index contributed by atoms with van der Waals surface area (Å²) in [6.45, 7) is 0. The van der Waals surface area contributed by atoms with Gasteiger partial charge in [-0.3, -0.25) is 19.7 Å². The summed E-state index contributed by atoms with van der Waals surface area (Å²) in [6, 6.07) is 15.0. The van der Waals surface area contributed by atoms with Gasteiger partial charge < -0.3 is 10.6 Å². The van der Waals surface area contributed by atoms with Crippen LogP contribution in [-0.2, 0) is 9.59 Å². The molecule has 0 spiro atoms. The fourth-order valence-electron chi connectivity index (χ4n) is 2.32. The number of carbonyl (C=O) groups is 2. The van der Waals surface area contributed by atoms with Crippen molar-refractivity contribution in [2.45, 2.75) is 11.7 Å². The van der Waals surface area contributed by atoms with Gasteiger partial charge in [-0.15, -0.1) is 0 Å². The summed E-state index contributed by atoms with van der Waals surface area (Å²) in [6.07, 6.45) is -0.115. The molecule has 0 aromatic heterocycles. The average molecular weight is 370 g/mol. The minimum absolute atomic E-state index is 0.101. The number of hydrogen-bond donors (Lipinski definition) is 2. The van der Waals surface area contributed by atoms with E-state index in [9.17, 15) is 19.7 Å². The van der Waals surface area contributed by atoms with Crippen molar-refractivity contribution in [2.75, 3.05) is 5.32 Å². The van der Waals surface area contributed by atoms with Gasteiger partial charge in [0.15, 0.2) is 5.17 Å². The Morgan fingerprint density at radius 2 is 1.88 bits per heavy atom. The highest BCUT2D eigenvalue weighted by atomic mass is 32.2. The third kappa shape index (κ3) is 4.25. The van der Waals surface area contributed by atoms with Crippen LogP contribution in [0.2, 0.25) is 0 Å². The van der Waals surface area contributed by atoms with Gasteiger partial charge in [0, 0.05) is 12.5 Å². The van der Waals surface area contributed by atoms with Crippen molar-refractivity contribution < 1.29 is 14.5 Å². The Morgan fingerprint density at radius 1 is 1.19 bits per heavy atom. The highest BCUT2D eigenvalue weighted by molar-refractivity contribution is 8.15. The molecule has 1 atom stereocenters. The van der Waals surface area contributed by atoms with Gasteiger partial charge in [0.2, 0.25) is 11.8 Å². The number of amides is 2. The van der Waals surface area contributed by atoms with Gasteiger partial charge in [-0.1, -0.05) is 42.1 Å². The number of aliphatic imine (C=N–C) groups is 1. The first-order valence-electron chi connectivity index (χ1n) is 7.67. The average Bonchev–Trinajstić information content (AvgIpc) is 2.95. The number of nitro groups is 1. The Balaban J connectivity index is 1.64. The Bertz CT molecular complexity index is 885. The Labute approximate surface area is 152 Å². The number of nitrogens with one attached hydrogen (secondary N) is 2. The maximum atomic E-state index is 12.2. The van der Waals surface area contributed by atoms with Crippen LogP contribution < -0.4 is 10.6 Å². The fourth-order valence-corrected chi connectivity index (χ4v) is 3.31. The van der Waals surface area contributed by atoms with Crippen LogP contribution in [-0.4, -0.2) is 27.2 Å². The first kappa shape index (κ1) is 17.6. The Hall–Kier alpha value is -3.20. The molecule has 132 valence electrons. The summed E-state index contributed by atoms with van der Waals surface area (Å²) in [4.78, 5) is 39.0. The van der Waals surface area contributed by atoms with E-state index in [2.05, 4.69) is 15.6 Å². The molecule has 3 rings (SSSR count). The molecular formula is C17H14N4O4S. The van der Waals surface area contributed by atoms with Gasteiger partial charge in [-0.2, -0.15) is 0 Å². The summed E-state index contributed by atoms with van der Waals surface area (Å²) >= 11 is 1.16. The number of rotatable bonds is 5. The number of benzene rings is 2. The first-order chi connectivity index (χ1) is 12.5. The minimum atomic E-state index is -0.639. The molecule has 8 nitrogen and oxygen atoms in total. The lowest BCUT2D eigenvalue weighted by Gasteiger charge is -2.07. The molecule has 1 aliphatic rings. The van der Waals surface area contributed by atoms with Crippen molar-refractivity contribution in [1.82, 2.24) is 5.32 Å². The van der Waals surface area contributed by atoms with E-state index in [0.717, 1.165) is 11.8 Å². The summed E-state index contributed by atoms with van der Waals surface area (Å²) in [5, 5.41) is 15.9. The normalized spacial score (nSPS) is 17.8. The number of anilines is 1. The zero-order valence-corrected chi connectivity index (χ0v) is 14.2. The molecule has 2 N–H and O–H groups in total. The molecule has 2 aromatic carbocycles. The molecular weight excluding hydrogens is 356 g/mol. The quantitative estimate of drug-likeness (QED) is 0.620. The van der Waals surface area contributed by atoms with Crippen molar-refractivity contribution in [3.8, 4) is 0 Å². The molecule has 2 aromatic rings. The lowest BCUT2D eigenvalue weighted by molar-refractivity contribution is -0.383. The second kappa shape index (κ2) is 7.79. The van der Waals surface area contributed by atoms with E-state index in [1.807, 2.05) is 18.2 Å². The number of thioether (sulfide) groups is 1. The van der Waals surface area contributed by atoms with Crippen molar-refractivity contribution in [1.29, 1.82) is 0 Å². The van der Waals surface area contributed by atoms with Crippen LogP contribution in [0, 0.1) is 10.1 Å². The maximum Gasteiger partial charge on any atom is 0.292 e.